The Morgan fingerprint density at radius 2 is 1.66 bits per heavy atom. The first-order valence-corrected chi connectivity index (χ1v) is 11.2. The highest BCUT2D eigenvalue weighted by atomic mass is 16.5. The number of benzene rings is 3. The number of nitrogens with one attached hydrogen (secondary N) is 1. The third kappa shape index (κ3) is 4.52. The fourth-order valence-electron chi connectivity index (χ4n) is 4.41. The van der Waals surface area contributed by atoms with E-state index in [-0.39, 0.29) is 12.5 Å². The number of rotatable bonds is 6. The minimum atomic E-state index is 0.0440. The van der Waals surface area contributed by atoms with Gasteiger partial charge in [-0.2, -0.15) is 0 Å². The predicted octanol–water partition coefficient (Wildman–Crippen LogP) is 4.94. The summed E-state index contributed by atoms with van der Waals surface area (Å²) in [7, 11) is 0. The molecular formula is C27H27N3O2. The highest BCUT2D eigenvalue weighted by Gasteiger charge is 2.26. The van der Waals surface area contributed by atoms with E-state index in [1.165, 1.54) is 5.56 Å². The lowest BCUT2D eigenvalue weighted by Crippen LogP contribution is -2.40. The smallest absolute Gasteiger partial charge is 0.260 e. The Bertz CT molecular complexity index is 1160. The van der Waals surface area contributed by atoms with Crippen LogP contribution in [0.25, 0.3) is 11.0 Å². The van der Waals surface area contributed by atoms with Crippen molar-refractivity contribution in [2.45, 2.75) is 25.2 Å². The molecule has 1 aromatic heterocycles. The van der Waals surface area contributed by atoms with Crippen molar-refractivity contribution in [1.82, 2.24) is 14.9 Å². The summed E-state index contributed by atoms with van der Waals surface area (Å²) in [6, 6.07) is 26.4. The molecule has 32 heavy (non-hydrogen) atoms. The van der Waals surface area contributed by atoms with Crippen LogP contribution in [0.2, 0.25) is 0 Å². The summed E-state index contributed by atoms with van der Waals surface area (Å²) in [5.74, 6) is 2.22. The number of carbonyl (C=O) groups is 1. The Kier molecular flexibility index (Phi) is 5.88. The molecule has 0 radical (unpaired) electrons. The van der Waals surface area contributed by atoms with E-state index in [4.69, 9.17) is 9.72 Å². The van der Waals surface area contributed by atoms with Gasteiger partial charge in [0.05, 0.1) is 11.0 Å². The molecule has 1 aliphatic heterocycles. The number of nitrogens with zero attached hydrogens (tertiary/aromatic N) is 2. The second-order valence-corrected chi connectivity index (χ2v) is 8.35. The van der Waals surface area contributed by atoms with Crippen molar-refractivity contribution in [1.29, 1.82) is 0 Å². The zero-order valence-corrected chi connectivity index (χ0v) is 18.0. The van der Waals surface area contributed by atoms with Gasteiger partial charge in [0.25, 0.3) is 5.91 Å². The second-order valence-electron chi connectivity index (χ2n) is 8.35. The van der Waals surface area contributed by atoms with Gasteiger partial charge in [0, 0.05) is 25.4 Å². The summed E-state index contributed by atoms with van der Waals surface area (Å²) in [5, 5.41) is 0. The van der Waals surface area contributed by atoms with Gasteiger partial charge in [-0.1, -0.05) is 60.7 Å². The van der Waals surface area contributed by atoms with Gasteiger partial charge in [-0.3, -0.25) is 4.79 Å². The molecule has 162 valence electrons. The summed E-state index contributed by atoms with van der Waals surface area (Å²) in [6.45, 7) is 1.53. The number of aromatic amines is 1. The van der Waals surface area contributed by atoms with E-state index < -0.39 is 0 Å². The molecule has 3 aromatic carbocycles. The topological polar surface area (TPSA) is 58.2 Å². The normalized spacial score (nSPS) is 14.6. The Balaban J connectivity index is 1.16. The van der Waals surface area contributed by atoms with Gasteiger partial charge in [-0.25, -0.2) is 4.98 Å². The van der Waals surface area contributed by atoms with Gasteiger partial charge in [0.1, 0.15) is 11.6 Å². The van der Waals surface area contributed by atoms with Crippen LogP contribution in [0.4, 0.5) is 0 Å². The molecule has 0 atom stereocenters. The van der Waals surface area contributed by atoms with Crippen LogP contribution in [0, 0.1) is 0 Å². The van der Waals surface area contributed by atoms with Crippen LogP contribution in [-0.4, -0.2) is 40.5 Å². The Morgan fingerprint density at radius 1 is 0.938 bits per heavy atom. The number of para-hydroxylation sites is 3. The maximum atomic E-state index is 12.8. The van der Waals surface area contributed by atoms with Crippen molar-refractivity contribution >= 4 is 16.9 Å². The lowest BCUT2D eigenvalue weighted by Gasteiger charge is -2.31. The fourth-order valence-corrected chi connectivity index (χ4v) is 4.41. The van der Waals surface area contributed by atoms with Crippen molar-refractivity contribution in [3.05, 3.63) is 95.8 Å². The largest absolute Gasteiger partial charge is 0.483 e. The lowest BCUT2D eigenvalue weighted by atomic mass is 9.96. The minimum Gasteiger partial charge on any atom is -0.483 e. The van der Waals surface area contributed by atoms with Crippen molar-refractivity contribution in [3.63, 3.8) is 0 Å². The Labute approximate surface area is 188 Å². The van der Waals surface area contributed by atoms with Crippen LogP contribution < -0.4 is 4.74 Å². The predicted molar refractivity (Wildman–Crippen MR) is 126 cm³/mol. The van der Waals surface area contributed by atoms with E-state index in [2.05, 4.69) is 29.2 Å². The molecule has 5 heteroatoms. The number of ether oxygens (including phenoxy) is 1. The Morgan fingerprint density at radius 3 is 2.47 bits per heavy atom. The van der Waals surface area contributed by atoms with E-state index in [1.54, 1.807) is 0 Å². The van der Waals surface area contributed by atoms with E-state index in [0.717, 1.165) is 60.5 Å². The monoisotopic (exact) mass is 425 g/mol. The SMILES string of the molecule is O=C(COc1ccccc1Cc1ccccc1)N1CCC(c2nc3ccccc3[nH]2)CC1. The summed E-state index contributed by atoms with van der Waals surface area (Å²) >= 11 is 0. The number of imidazole rings is 1. The number of piperidine rings is 1. The van der Waals surface area contributed by atoms with Gasteiger partial charge < -0.3 is 14.6 Å². The summed E-state index contributed by atoms with van der Waals surface area (Å²) in [5.41, 5.74) is 4.39. The van der Waals surface area contributed by atoms with Gasteiger partial charge in [0.2, 0.25) is 0 Å². The second kappa shape index (κ2) is 9.27. The zero-order valence-electron chi connectivity index (χ0n) is 18.0. The third-order valence-electron chi connectivity index (χ3n) is 6.20. The first-order chi connectivity index (χ1) is 15.8. The van der Waals surface area contributed by atoms with Crippen molar-refractivity contribution in [2.75, 3.05) is 19.7 Å². The van der Waals surface area contributed by atoms with Crippen molar-refractivity contribution in [2.24, 2.45) is 0 Å². The summed E-state index contributed by atoms with van der Waals surface area (Å²) < 4.78 is 5.97. The van der Waals surface area contributed by atoms with Crippen LogP contribution >= 0.6 is 0 Å². The van der Waals surface area contributed by atoms with E-state index in [9.17, 15) is 4.79 Å². The first-order valence-electron chi connectivity index (χ1n) is 11.2. The van der Waals surface area contributed by atoms with Gasteiger partial charge in [0.15, 0.2) is 6.61 Å². The molecule has 1 aliphatic rings. The van der Waals surface area contributed by atoms with Gasteiger partial charge in [-0.15, -0.1) is 0 Å². The summed E-state index contributed by atoms with van der Waals surface area (Å²) in [4.78, 5) is 22.9. The maximum Gasteiger partial charge on any atom is 0.260 e. The lowest BCUT2D eigenvalue weighted by molar-refractivity contribution is -0.134. The number of amides is 1. The van der Waals surface area contributed by atoms with Gasteiger partial charge in [-0.05, 0) is 42.2 Å². The van der Waals surface area contributed by atoms with Crippen LogP contribution in [0.1, 0.15) is 35.7 Å². The molecule has 2 heterocycles. The molecule has 1 saturated heterocycles. The van der Waals surface area contributed by atoms with Crippen LogP contribution in [0.15, 0.2) is 78.9 Å². The van der Waals surface area contributed by atoms with E-state index in [0.29, 0.717) is 5.92 Å². The summed E-state index contributed by atoms with van der Waals surface area (Å²) in [6.07, 6.45) is 2.61. The van der Waals surface area contributed by atoms with Gasteiger partial charge >= 0.3 is 0 Å². The fraction of sp³-hybridized carbons (Fsp3) is 0.259. The molecule has 4 aromatic rings. The van der Waals surface area contributed by atoms with Crippen LogP contribution in [-0.2, 0) is 11.2 Å². The Hall–Kier alpha value is -3.60. The average molecular weight is 426 g/mol. The number of carbonyl (C=O) groups excluding carboxylic acids is 1. The molecule has 5 rings (SSSR count). The minimum absolute atomic E-state index is 0.0440. The molecule has 0 unspecified atom stereocenters. The van der Waals surface area contributed by atoms with Crippen molar-refractivity contribution in [3.8, 4) is 5.75 Å². The van der Waals surface area contributed by atoms with Crippen LogP contribution in [0.5, 0.6) is 5.75 Å². The zero-order chi connectivity index (χ0) is 21.8. The third-order valence-corrected chi connectivity index (χ3v) is 6.20. The molecule has 1 fully saturated rings. The number of hydrogen-bond donors (Lipinski definition) is 1. The highest BCUT2D eigenvalue weighted by molar-refractivity contribution is 5.78. The molecule has 0 saturated carbocycles. The molecule has 1 amide bonds. The first kappa shape index (κ1) is 20.3. The number of H-pyrrole nitrogens is 1. The standard InChI is InChI=1S/C27H27N3O2/c31-26(19-32-25-13-7-4-10-22(25)18-20-8-2-1-3-9-20)30-16-14-21(15-17-30)27-28-23-11-5-6-12-24(23)29-27/h1-13,21H,14-19H2,(H,28,29). The maximum absolute atomic E-state index is 12.8. The molecule has 0 aliphatic carbocycles. The molecule has 0 bridgehead atoms. The van der Waals surface area contributed by atoms with E-state index >= 15 is 0 Å². The molecule has 1 N–H and O–H groups in total. The number of aromatic nitrogens is 2. The molecular weight excluding hydrogens is 398 g/mol. The average Bonchev–Trinajstić information content (AvgIpc) is 3.28. The molecule has 5 nitrogen and oxygen atoms in total. The van der Waals surface area contributed by atoms with Crippen molar-refractivity contribution < 1.29 is 9.53 Å². The number of likely N-dealkylation sites (tertiary alicyclic amines) is 1. The van der Waals surface area contributed by atoms with Crippen LogP contribution in [0.3, 0.4) is 0 Å². The number of fused-ring (bicyclic) bond motifs is 1. The quantitative estimate of drug-likeness (QED) is 0.476. The number of hydrogen-bond acceptors (Lipinski definition) is 3. The van der Waals surface area contributed by atoms with E-state index in [1.807, 2.05) is 59.5 Å². The molecule has 0 spiro atoms. The highest BCUT2D eigenvalue weighted by Crippen LogP contribution is 2.28.